The second-order valence-corrected chi connectivity index (χ2v) is 7.51. The molecule has 2 heterocycles. The first kappa shape index (κ1) is 17.0. The van der Waals surface area contributed by atoms with Crippen molar-refractivity contribution in [2.75, 3.05) is 5.32 Å². The summed E-state index contributed by atoms with van der Waals surface area (Å²) in [6.07, 6.45) is 0. The Morgan fingerprint density at radius 1 is 0.767 bits per heavy atom. The second-order valence-electron chi connectivity index (χ2n) is 7.51. The lowest BCUT2D eigenvalue weighted by Crippen LogP contribution is -2.25. The summed E-state index contributed by atoms with van der Waals surface area (Å²) in [6, 6.07) is 25.7. The van der Waals surface area contributed by atoms with Crippen molar-refractivity contribution in [2.45, 2.75) is 6.04 Å². The first-order valence-corrected chi connectivity index (χ1v) is 9.80. The number of benzene rings is 4. The zero-order chi connectivity index (χ0) is 20.2. The molecular formula is C26H16FNO2. The van der Waals surface area contributed by atoms with E-state index in [1.165, 1.54) is 12.1 Å². The minimum atomic E-state index is -0.435. The van der Waals surface area contributed by atoms with Crippen LogP contribution in [0.5, 0.6) is 0 Å². The molecule has 1 unspecified atom stereocenters. The molecule has 1 atom stereocenters. The first-order valence-electron chi connectivity index (χ1n) is 9.80. The summed E-state index contributed by atoms with van der Waals surface area (Å²) in [7, 11) is 0. The molecule has 30 heavy (non-hydrogen) atoms. The Hall–Kier alpha value is -3.92. The number of halogens is 1. The molecule has 0 fully saturated rings. The Balaban J connectivity index is 1.77. The third kappa shape index (κ3) is 2.40. The Kier molecular flexibility index (Phi) is 3.56. The number of anilines is 1. The SMILES string of the molecule is O=c1oc2ccccc2c2c1C(c1ccc(F)cc1)Nc1ccc3ccccc3c1-2. The number of rotatable bonds is 1. The van der Waals surface area contributed by atoms with Crippen molar-refractivity contribution in [3.63, 3.8) is 0 Å². The van der Waals surface area contributed by atoms with Crippen LogP contribution in [0.3, 0.4) is 0 Å². The number of fused-ring (bicyclic) bond motifs is 7. The summed E-state index contributed by atoms with van der Waals surface area (Å²) in [5.74, 6) is -0.313. The van der Waals surface area contributed by atoms with Gasteiger partial charge in [-0.15, -0.1) is 0 Å². The van der Waals surface area contributed by atoms with Crippen LogP contribution in [0.25, 0.3) is 32.9 Å². The lowest BCUT2D eigenvalue weighted by Gasteiger charge is -2.30. The highest BCUT2D eigenvalue weighted by Crippen LogP contribution is 2.47. The Bertz CT molecular complexity index is 1500. The average molecular weight is 393 g/mol. The molecule has 0 amide bonds. The lowest BCUT2D eigenvalue weighted by atomic mass is 9.83. The van der Waals surface area contributed by atoms with Crippen LogP contribution in [0.1, 0.15) is 17.2 Å². The fourth-order valence-electron chi connectivity index (χ4n) is 4.49. The Morgan fingerprint density at radius 2 is 1.50 bits per heavy atom. The summed E-state index contributed by atoms with van der Waals surface area (Å²) < 4.78 is 19.2. The maximum absolute atomic E-state index is 13.6. The van der Waals surface area contributed by atoms with Crippen LogP contribution in [0.15, 0.2) is 94.1 Å². The maximum Gasteiger partial charge on any atom is 0.342 e. The van der Waals surface area contributed by atoms with E-state index in [0.29, 0.717) is 11.1 Å². The average Bonchev–Trinajstić information content (AvgIpc) is 2.78. The van der Waals surface area contributed by atoms with Crippen molar-refractivity contribution < 1.29 is 8.81 Å². The fourth-order valence-corrected chi connectivity index (χ4v) is 4.49. The predicted molar refractivity (Wildman–Crippen MR) is 117 cm³/mol. The molecule has 1 aromatic heterocycles. The topological polar surface area (TPSA) is 42.2 Å². The molecule has 0 spiro atoms. The number of para-hydroxylation sites is 1. The number of nitrogens with one attached hydrogen (secondary N) is 1. The van der Waals surface area contributed by atoms with Gasteiger partial charge in [0, 0.05) is 22.2 Å². The molecular weight excluding hydrogens is 377 g/mol. The van der Waals surface area contributed by atoms with Gasteiger partial charge in [0.2, 0.25) is 0 Å². The van der Waals surface area contributed by atoms with Gasteiger partial charge in [-0.25, -0.2) is 9.18 Å². The summed E-state index contributed by atoms with van der Waals surface area (Å²) in [6.45, 7) is 0. The van der Waals surface area contributed by atoms with Crippen LogP contribution in [-0.4, -0.2) is 0 Å². The van der Waals surface area contributed by atoms with Crippen LogP contribution in [0, 0.1) is 5.82 Å². The van der Waals surface area contributed by atoms with Crippen LogP contribution < -0.4 is 10.9 Å². The van der Waals surface area contributed by atoms with Crippen molar-refractivity contribution in [3.05, 3.63) is 112 Å². The molecule has 4 aromatic carbocycles. The highest BCUT2D eigenvalue weighted by molar-refractivity contribution is 6.11. The van der Waals surface area contributed by atoms with Gasteiger partial charge in [-0.1, -0.05) is 60.7 Å². The minimum Gasteiger partial charge on any atom is -0.422 e. The second kappa shape index (κ2) is 6.29. The zero-order valence-corrected chi connectivity index (χ0v) is 15.9. The Labute approximate surface area is 171 Å². The van der Waals surface area contributed by atoms with Gasteiger partial charge in [0.15, 0.2) is 0 Å². The monoisotopic (exact) mass is 393 g/mol. The molecule has 4 heteroatoms. The van der Waals surface area contributed by atoms with Crippen molar-refractivity contribution in [1.82, 2.24) is 0 Å². The molecule has 1 N–H and O–H groups in total. The maximum atomic E-state index is 13.6. The molecule has 3 nitrogen and oxygen atoms in total. The van der Waals surface area contributed by atoms with E-state index < -0.39 is 6.04 Å². The fraction of sp³-hybridized carbons (Fsp3) is 0.0385. The smallest absolute Gasteiger partial charge is 0.342 e. The minimum absolute atomic E-state index is 0.313. The Morgan fingerprint density at radius 3 is 2.33 bits per heavy atom. The highest BCUT2D eigenvalue weighted by atomic mass is 19.1. The van der Waals surface area contributed by atoms with Crippen LogP contribution >= 0.6 is 0 Å². The number of hydrogen-bond donors (Lipinski definition) is 1. The van der Waals surface area contributed by atoms with Gasteiger partial charge in [0.25, 0.3) is 0 Å². The van der Waals surface area contributed by atoms with Crippen LogP contribution in [0.4, 0.5) is 10.1 Å². The van der Waals surface area contributed by atoms with E-state index in [1.54, 1.807) is 12.1 Å². The van der Waals surface area contributed by atoms with E-state index in [2.05, 4.69) is 23.5 Å². The van der Waals surface area contributed by atoms with Gasteiger partial charge < -0.3 is 9.73 Å². The van der Waals surface area contributed by atoms with Crippen molar-refractivity contribution >= 4 is 27.4 Å². The summed E-state index contributed by atoms with van der Waals surface area (Å²) >= 11 is 0. The third-order valence-electron chi connectivity index (χ3n) is 5.82. The molecule has 6 rings (SSSR count). The van der Waals surface area contributed by atoms with Crippen LogP contribution in [-0.2, 0) is 0 Å². The van der Waals surface area contributed by atoms with Gasteiger partial charge >= 0.3 is 5.63 Å². The largest absolute Gasteiger partial charge is 0.422 e. The van der Waals surface area contributed by atoms with Crippen molar-refractivity contribution in [2.24, 2.45) is 0 Å². The van der Waals surface area contributed by atoms with E-state index in [1.807, 2.05) is 42.5 Å². The van der Waals surface area contributed by atoms with Gasteiger partial charge in [0.1, 0.15) is 11.4 Å². The van der Waals surface area contributed by atoms with E-state index >= 15 is 0 Å². The molecule has 0 radical (unpaired) electrons. The van der Waals surface area contributed by atoms with Crippen molar-refractivity contribution in [3.8, 4) is 11.1 Å². The molecule has 0 bridgehead atoms. The van der Waals surface area contributed by atoms with E-state index in [-0.39, 0.29) is 11.4 Å². The van der Waals surface area contributed by atoms with Gasteiger partial charge in [-0.05, 0) is 40.6 Å². The summed E-state index contributed by atoms with van der Waals surface area (Å²) in [5.41, 5.74) is 4.32. The van der Waals surface area contributed by atoms with Gasteiger partial charge in [-0.2, -0.15) is 0 Å². The molecule has 0 saturated carbocycles. The van der Waals surface area contributed by atoms with E-state index in [9.17, 15) is 9.18 Å². The normalized spacial score (nSPS) is 14.9. The zero-order valence-electron chi connectivity index (χ0n) is 15.9. The van der Waals surface area contributed by atoms with Gasteiger partial charge in [-0.3, -0.25) is 0 Å². The van der Waals surface area contributed by atoms with E-state index in [4.69, 9.17) is 4.42 Å². The summed E-state index contributed by atoms with van der Waals surface area (Å²) in [5, 5.41) is 6.56. The van der Waals surface area contributed by atoms with E-state index in [0.717, 1.165) is 38.5 Å². The molecule has 0 aliphatic carbocycles. The predicted octanol–water partition coefficient (Wildman–Crippen LogP) is 6.27. The standard InChI is InChI=1S/C26H16FNO2/c27-17-12-9-16(10-13-17)25-24-23(19-7-3-4-8-21(19)30-26(24)29)22-18-6-2-1-5-15(18)11-14-20(22)28-25/h1-14,25,28H. The molecule has 1 aliphatic rings. The number of hydrogen-bond acceptors (Lipinski definition) is 3. The van der Waals surface area contributed by atoms with Crippen molar-refractivity contribution in [1.29, 1.82) is 0 Å². The summed E-state index contributed by atoms with van der Waals surface area (Å²) in [4.78, 5) is 13.2. The lowest BCUT2D eigenvalue weighted by molar-refractivity contribution is 0.547. The van der Waals surface area contributed by atoms with Gasteiger partial charge in [0.05, 0.1) is 11.6 Å². The van der Waals surface area contributed by atoms with Crippen LogP contribution in [0.2, 0.25) is 0 Å². The first-order chi connectivity index (χ1) is 14.7. The third-order valence-corrected chi connectivity index (χ3v) is 5.82. The quantitative estimate of drug-likeness (QED) is 0.342. The molecule has 0 saturated heterocycles. The molecule has 1 aliphatic heterocycles. The molecule has 5 aromatic rings. The molecule has 144 valence electrons. The highest BCUT2D eigenvalue weighted by Gasteiger charge is 2.32.